The lowest BCUT2D eigenvalue weighted by Crippen LogP contribution is -2.25. The molecule has 0 spiro atoms. The van der Waals surface area contributed by atoms with Crippen LogP contribution in [0.25, 0.3) is 0 Å². The van der Waals surface area contributed by atoms with Crippen LogP contribution in [-0.2, 0) is 17.4 Å². The number of alkyl halides is 3. The molecule has 1 aliphatic rings. The van der Waals surface area contributed by atoms with Crippen molar-refractivity contribution in [3.8, 4) is 0 Å². The predicted octanol–water partition coefficient (Wildman–Crippen LogP) is 4.25. The van der Waals surface area contributed by atoms with Crippen molar-refractivity contribution < 1.29 is 18.0 Å². The van der Waals surface area contributed by atoms with E-state index in [0.29, 0.717) is 24.3 Å². The Morgan fingerprint density at radius 3 is 2.74 bits per heavy atom. The first kappa shape index (κ1) is 14.1. The summed E-state index contributed by atoms with van der Waals surface area (Å²) in [7, 11) is 0. The molecule has 1 fully saturated rings. The van der Waals surface area contributed by atoms with Gasteiger partial charge >= 0.3 is 6.18 Å². The summed E-state index contributed by atoms with van der Waals surface area (Å²) >= 11 is 0. The number of rotatable bonds is 2. The highest BCUT2D eigenvalue weighted by Gasteiger charge is 2.31. The Hall–Kier alpha value is -1.32. The van der Waals surface area contributed by atoms with Crippen molar-refractivity contribution in [1.82, 2.24) is 0 Å². The smallest absolute Gasteiger partial charge is 0.299 e. The van der Waals surface area contributed by atoms with Crippen LogP contribution in [0.5, 0.6) is 0 Å². The van der Waals surface area contributed by atoms with Crippen LogP contribution in [0.3, 0.4) is 0 Å². The Balaban J connectivity index is 2.12. The summed E-state index contributed by atoms with van der Waals surface area (Å²) < 4.78 is 37.9. The molecule has 0 bridgehead atoms. The minimum atomic E-state index is -4.32. The third-order valence-electron chi connectivity index (χ3n) is 3.76. The molecule has 0 heterocycles. The molecule has 1 aromatic carbocycles. The molecule has 1 aliphatic carbocycles. The molecular weight excluding hydrogens is 253 g/mol. The van der Waals surface area contributed by atoms with E-state index in [9.17, 15) is 18.0 Å². The Bertz CT molecular complexity index is 465. The molecule has 2 atom stereocenters. The topological polar surface area (TPSA) is 17.1 Å². The number of ketones is 1. The highest BCUT2D eigenvalue weighted by Crippen LogP contribution is 2.32. The summed E-state index contributed by atoms with van der Waals surface area (Å²) in [5, 5.41) is 0. The third kappa shape index (κ3) is 3.58. The molecule has 1 nitrogen and oxygen atoms in total. The lowest BCUT2D eigenvalue weighted by atomic mass is 9.78. The first-order valence-corrected chi connectivity index (χ1v) is 6.55. The summed E-state index contributed by atoms with van der Waals surface area (Å²) in [5.41, 5.74) is -0.0384. The summed E-state index contributed by atoms with van der Waals surface area (Å²) in [6, 6.07) is 5.30. The second-order valence-electron chi connectivity index (χ2n) is 5.45. The van der Waals surface area contributed by atoms with E-state index in [2.05, 4.69) is 6.92 Å². The van der Waals surface area contributed by atoms with Crippen molar-refractivity contribution in [2.45, 2.75) is 38.8 Å². The largest absolute Gasteiger partial charge is 0.416 e. The quantitative estimate of drug-likeness (QED) is 0.785. The van der Waals surface area contributed by atoms with E-state index in [0.717, 1.165) is 25.0 Å². The van der Waals surface area contributed by atoms with E-state index in [1.165, 1.54) is 6.07 Å². The molecule has 0 aliphatic heterocycles. The second kappa shape index (κ2) is 5.35. The van der Waals surface area contributed by atoms with Gasteiger partial charge in [-0.25, -0.2) is 0 Å². The van der Waals surface area contributed by atoms with Gasteiger partial charge in [-0.05, 0) is 36.8 Å². The SMILES string of the molecule is CC1CCC(=O)C(Cc2cccc(C(F)(F)F)c2)C1. The van der Waals surface area contributed by atoms with Gasteiger partial charge in [0, 0.05) is 12.3 Å². The van der Waals surface area contributed by atoms with Gasteiger partial charge in [0.15, 0.2) is 0 Å². The molecule has 2 unspecified atom stereocenters. The molecule has 0 aromatic heterocycles. The maximum atomic E-state index is 12.6. The Kier molecular flexibility index (Phi) is 3.97. The van der Waals surface area contributed by atoms with Crippen LogP contribution in [0, 0.1) is 11.8 Å². The zero-order valence-corrected chi connectivity index (χ0v) is 10.8. The summed E-state index contributed by atoms with van der Waals surface area (Å²) in [6.07, 6.45) is -1.65. The van der Waals surface area contributed by atoms with Crippen LogP contribution < -0.4 is 0 Å². The van der Waals surface area contributed by atoms with Gasteiger partial charge in [-0.15, -0.1) is 0 Å². The summed E-state index contributed by atoms with van der Waals surface area (Å²) in [6.45, 7) is 2.09. The maximum Gasteiger partial charge on any atom is 0.416 e. The number of halogens is 3. The van der Waals surface area contributed by atoms with E-state index in [4.69, 9.17) is 0 Å². The van der Waals surface area contributed by atoms with Crippen LogP contribution in [0.15, 0.2) is 24.3 Å². The highest BCUT2D eigenvalue weighted by molar-refractivity contribution is 5.82. The van der Waals surface area contributed by atoms with Crippen molar-refractivity contribution in [1.29, 1.82) is 0 Å². The second-order valence-corrected chi connectivity index (χ2v) is 5.45. The molecule has 0 amide bonds. The first-order valence-electron chi connectivity index (χ1n) is 6.55. The molecule has 2 rings (SSSR count). The molecule has 0 saturated heterocycles. The fourth-order valence-electron chi connectivity index (χ4n) is 2.68. The molecule has 1 saturated carbocycles. The van der Waals surface area contributed by atoms with E-state index < -0.39 is 11.7 Å². The molecule has 104 valence electrons. The monoisotopic (exact) mass is 270 g/mol. The van der Waals surface area contributed by atoms with Crippen molar-refractivity contribution >= 4 is 5.78 Å². The van der Waals surface area contributed by atoms with Crippen LogP contribution in [0.4, 0.5) is 13.2 Å². The number of hydrogen-bond acceptors (Lipinski definition) is 1. The van der Waals surface area contributed by atoms with Crippen LogP contribution >= 0.6 is 0 Å². The normalized spacial score (nSPS) is 24.5. The van der Waals surface area contributed by atoms with Gasteiger partial charge in [-0.1, -0.05) is 25.1 Å². The number of benzene rings is 1. The van der Waals surface area contributed by atoms with Gasteiger partial charge in [0.25, 0.3) is 0 Å². The van der Waals surface area contributed by atoms with Gasteiger partial charge in [-0.3, -0.25) is 4.79 Å². The Morgan fingerprint density at radius 1 is 1.32 bits per heavy atom. The third-order valence-corrected chi connectivity index (χ3v) is 3.76. The average Bonchev–Trinajstić information content (AvgIpc) is 2.33. The molecule has 19 heavy (non-hydrogen) atoms. The highest BCUT2D eigenvalue weighted by atomic mass is 19.4. The summed E-state index contributed by atoms with van der Waals surface area (Å²) in [5.74, 6) is 0.552. The molecular formula is C15H17F3O. The lowest BCUT2D eigenvalue weighted by molar-refractivity contribution is -0.137. The minimum absolute atomic E-state index is 0.118. The number of carbonyl (C=O) groups is 1. The average molecular weight is 270 g/mol. The minimum Gasteiger partial charge on any atom is -0.299 e. The van der Waals surface area contributed by atoms with Gasteiger partial charge < -0.3 is 0 Å². The van der Waals surface area contributed by atoms with Crippen molar-refractivity contribution in [3.63, 3.8) is 0 Å². The fourth-order valence-corrected chi connectivity index (χ4v) is 2.68. The van der Waals surface area contributed by atoms with Crippen molar-refractivity contribution in [3.05, 3.63) is 35.4 Å². The Labute approximate surface area is 110 Å². The lowest BCUT2D eigenvalue weighted by Gasteiger charge is -2.25. The summed E-state index contributed by atoms with van der Waals surface area (Å²) in [4.78, 5) is 11.8. The van der Waals surface area contributed by atoms with E-state index in [1.807, 2.05) is 0 Å². The van der Waals surface area contributed by atoms with Gasteiger partial charge in [-0.2, -0.15) is 13.2 Å². The molecule has 0 N–H and O–H groups in total. The van der Waals surface area contributed by atoms with Crippen molar-refractivity contribution in [2.24, 2.45) is 11.8 Å². The van der Waals surface area contributed by atoms with Gasteiger partial charge in [0.05, 0.1) is 5.56 Å². The molecule has 1 aromatic rings. The van der Waals surface area contributed by atoms with E-state index in [1.54, 1.807) is 6.07 Å². The van der Waals surface area contributed by atoms with E-state index >= 15 is 0 Å². The fraction of sp³-hybridized carbons (Fsp3) is 0.533. The number of Topliss-reactive ketones (excluding diaryl/α,β-unsaturated/α-hetero) is 1. The first-order chi connectivity index (χ1) is 8.86. The maximum absolute atomic E-state index is 12.6. The van der Waals surface area contributed by atoms with Crippen LogP contribution in [0.1, 0.15) is 37.3 Å². The molecule has 4 heteroatoms. The zero-order valence-electron chi connectivity index (χ0n) is 10.8. The number of hydrogen-bond donors (Lipinski definition) is 0. The van der Waals surface area contributed by atoms with Crippen LogP contribution in [0.2, 0.25) is 0 Å². The standard InChI is InChI=1S/C15H17F3O/c1-10-5-6-14(19)12(7-10)8-11-3-2-4-13(9-11)15(16,17)18/h2-4,9-10,12H,5-8H2,1H3. The predicted molar refractivity (Wildman–Crippen MR) is 66.7 cm³/mol. The van der Waals surface area contributed by atoms with E-state index in [-0.39, 0.29) is 11.7 Å². The molecule has 0 radical (unpaired) electrons. The van der Waals surface area contributed by atoms with Gasteiger partial charge in [0.2, 0.25) is 0 Å². The van der Waals surface area contributed by atoms with Gasteiger partial charge in [0.1, 0.15) is 5.78 Å². The number of carbonyl (C=O) groups excluding carboxylic acids is 1. The van der Waals surface area contributed by atoms with Crippen molar-refractivity contribution in [2.75, 3.05) is 0 Å². The Morgan fingerprint density at radius 2 is 2.05 bits per heavy atom. The zero-order chi connectivity index (χ0) is 14.0. The van der Waals surface area contributed by atoms with Crippen LogP contribution in [-0.4, -0.2) is 5.78 Å².